The van der Waals surface area contributed by atoms with E-state index in [1.807, 2.05) is 24.3 Å². The molecule has 4 rings (SSSR count). The summed E-state index contributed by atoms with van der Waals surface area (Å²) in [6, 6.07) is 8.49. The van der Waals surface area contributed by atoms with E-state index in [-0.39, 0.29) is 6.03 Å². The molecule has 5 heteroatoms. The maximum Gasteiger partial charge on any atom is 0.323 e. The first-order valence-corrected chi connectivity index (χ1v) is 9.56. The van der Waals surface area contributed by atoms with Crippen molar-refractivity contribution in [1.29, 1.82) is 0 Å². The van der Waals surface area contributed by atoms with E-state index in [1.54, 1.807) is 11.3 Å². The Kier molecular flexibility index (Phi) is 4.21. The number of nitrogens with one attached hydrogen (secondary N) is 1. The predicted molar refractivity (Wildman–Crippen MR) is 94.9 cm³/mol. The molecule has 1 saturated carbocycles. The number of fused-ring (bicyclic) bond motifs is 1. The molecule has 2 heterocycles. The third kappa shape index (κ3) is 3.07. The Labute approximate surface area is 140 Å². The Bertz CT molecular complexity index is 659. The zero-order chi connectivity index (χ0) is 15.6. The maximum atomic E-state index is 12.7. The largest absolute Gasteiger partial charge is 0.323 e. The number of rotatable bonds is 2. The molecule has 23 heavy (non-hydrogen) atoms. The number of likely N-dealkylation sites (tertiary alicyclic amines) is 1. The van der Waals surface area contributed by atoms with Gasteiger partial charge in [0.05, 0.1) is 10.2 Å². The molecule has 1 aliphatic carbocycles. The zero-order valence-corrected chi connectivity index (χ0v) is 14.1. The number of para-hydroxylation sites is 1. The summed E-state index contributed by atoms with van der Waals surface area (Å²) < 4.78 is 1.12. The average molecular weight is 329 g/mol. The number of carbonyl (C=O) groups is 1. The highest BCUT2D eigenvalue weighted by Gasteiger charge is 2.35. The van der Waals surface area contributed by atoms with Crippen LogP contribution in [0.2, 0.25) is 0 Å². The van der Waals surface area contributed by atoms with E-state index >= 15 is 0 Å². The highest BCUT2D eigenvalue weighted by Crippen LogP contribution is 2.35. The monoisotopic (exact) mass is 329 g/mol. The van der Waals surface area contributed by atoms with E-state index in [2.05, 4.69) is 15.2 Å². The quantitative estimate of drug-likeness (QED) is 0.854. The van der Waals surface area contributed by atoms with Crippen molar-refractivity contribution in [3.63, 3.8) is 0 Å². The molecule has 2 amide bonds. The van der Waals surface area contributed by atoms with Gasteiger partial charge in [-0.3, -0.25) is 5.32 Å². The van der Waals surface area contributed by atoms with Crippen LogP contribution >= 0.6 is 11.3 Å². The summed E-state index contributed by atoms with van der Waals surface area (Å²) in [6.45, 7) is 0.887. The predicted octanol–water partition coefficient (Wildman–Crippen LogP) is 4.87. The lowest BCUT2D eigenvalue weighted by molar-refractivity contribution is 0.166. The van der Waals surface area contributed by atoms with Gasteiger partial charge in [0.25, 0.3) is 0 Å². The van der Waals surface area contributed by atoms with Gasteiger partial charge in [-0.05, 0) is 43.7 Å². The van der Waals surface area contributed by atoms with Crippen LogP contribution in [0.3, 0.4) is 0 Å². The van der Waals surface area contributed by atoms with Crippen LogP contribution in [-0.4, -0.2) is 28.5 Å². The van der Waals surface area contributed by atoms with Crippen molar-refractivity contribution >= 4 is 32.7 Å². The lowest BCUT2D eigenvalue weighted by Gasteiger charge is -2.33. The molecule has 1 N–H and O–H groups in total. The molecule has 1 saturated heterocycles. The van der Waals surface area contributed by atoms with E-state index in [4.69, 9.17) is 0 Å². The highest BCUT2D eigenvalue weighted by molar-refractivity contribution is 7.22. The molecule has 122 valence electrons. The molecule has 1 unspecified atom stereocenters. The number of amides is 2. The number of benzene rings is 1. The number of aromatic nitrogens is 1. The lowest BCUT2D eigenvalue weighted by Crippen LogP contribution is -2.43. The Morgan fingerprint density at radius 2 is 1.96 bits per heavy atom. The number of anilines is 1. The smallest absolute Gasteiger partial charge is 0.321 e. The van der Waals surface area contributed by atoms with Gasteiger partial charge < -0.3 is 4.90 Å². The van der Waals surface area contributed by atoms with E-state index in [0.29, 0.717) is 17.1 Å². The second-order valence-electron chi connectivity index (χ2n) is 6.72. The third-order valence-electron chi connectivity index (χ3n) is 5.26. The molecular formula is C18H23N3OS. The van der Waals surface area contributed by atoms with Gasteiger partial charge in [-0.2, -0.15) is 0 Å². The summed E-state index contributed by atoms with van der Waals surface area (Å²) in [4.78, 5) is 19.3. The fraction of sp³-hybridized carbons (Fsp3) is 0.556. The van der Waals surface area contributed by atoms with Crippen LogP contribution in [0.1, 0.15) is 44.9 Å². The van der Waals surface area contributed by atoms with Gasteiger partial charge in [0, 0.05) is 12.6 Å². The molecule has 2 aromatic rings. The average Bonchev–Trinajstić information content (AvgIpc) is 3.22. The Balaban J connectivity index is 1.46. The Morgan fingerprint density at radius 1 is 1.13 bits per heavy atom. The van der Waals surface area contributed by atoms with Crippen molar-refractivity contribution in [2.75, 3.05) is 11.9 Å². The van der Waals surface area contributed by atoms with Gasteiger partial charge in [-0.1, -0.05) is 42.7 Å². The van der Waals surface area contributed by atoms with Crippen molar-refractivity contribution in [2.45, 2.75) is 51.0 Å². The topological polar surface area (TPSA) is 45.2 Å². The van der Waals surface area contributed by atoms with Crippen LogP contribution in [0.15, 0.2) is 24.3 Å². The number of hydrogen-bond donors (Lipinski definition) is 1. The van der Waals surface area contributed by atoms with Crippen LogP contribution < -0.4 is 5.32 Å². The van der Waals surface area contributed by atoms with E-state index in [9.17, 15) is 4.79 Å². The van der Waals surface area contributed by atoms with E-state index < -0.39 is 0 Å². The molecular weight excluding hydrogens is 306 g/mol. The van der Waals surface area contributed by atoms with Crippen LogP contribution in [0.4, 0.5) is 9.93 Å². The zero-order valence-electron chi connectivity index (χ0n) is 13.3. The summed E-state index contributed by atoms with van der Waals surface area (Å²) >= 11 is 1.55. The summed E-state index contributed by atoms with van der Waals surface area (Å²) in [5, 5.41) is 3.75. The molecule has 1 atom stereocenters. The minimum atomic E-state index is 0.0390. The van der Waals surface area contributed by atoms with Gasteiger partial charge in [0.1, 0.15) is 0 Å². The summed E-state index contributed by atoms with van der Waals surface area (Å²) in [7, 11) is 0. The summed E-state index contributed by atoms with van der Waals surface area (Å²) in [6.07, 6.45) is 8.89. The highest BCUT2D eigenvalue weighted by atomic mass is 32.1. The molecule has 4 nitrogen and oxygen atoms in total. The summed E-state index contributed by atoms with van der Waals surface area (Å²) in [5.41, 5.74) is 0.957. The van der Waals surface area contributed by atoms with Crippen LogP contribution in [0.5, 0.6) is 0 Å². The van der Waals surface area contributed by atoms with Gasteiger partial charge in [0.2, 0.25) is 0 Å². The van der Waals surface area contributed by atoms with Crippen molar-refractivity contribution < 1.29 is 4.79 Å². The molecule has 2 fully saturated rings. The Morgan fingerprint density at radius 3 is 2.78 bits per heavy atom. The molecule has 2 aliphatic rings. The standard InChI is InChI=1S/C18H23N3OS/c22-18(20-17-19-14-9-4-5-11-16(14)23-17)21-12-6-10-15(21)13-7-2-1-3-8-13/h4-5,9,11,13,15H,1-3,6-8,10,12H2,(H,19,20,22). The van der Waals surface area contributed by atoms with Crippen molar-refractivity contribution in [3.8, 4) is 0 Å². The number of nitrogens with zero attached hydrogens (tertiary/aromatic N) is 2. The van der Waals surface area contributed by atoms with Gasteiger partial charge in [-0.25, -0.2) is 9.78 Å². The van der Waals surface area contributed by atoms with Gasteiger partial charge in [0.15, 0.2) is 5.13 Å². The first-order chi connectivity index (χ1) is 11.3. The second-order valence-corrected chi connectivity index (χ2v) is 7.75. The van der Waals surface area contributed by atoms with E-state index in [1.165, 1.54) is 32.1 Å². The minimum absolute atomic E-state index is 0.0390. The third-order valence-corrected chi connectivity index (χ3v) is 6.21. The van der Waals surface area contributed by atoms with Crippen molar-refractivity contribution in [3.05, 3.63) is 24.3 Å². The van der Waals surface area contributed by atoms with Crippen LogP contribution in [0, 0.1) is 5.92 Å². The molecule has 1 aromatic carbocycles. The molecule has 0 bridgehead atoms. The molecule has 0 spiro atoms. The maximum absolute atomic E-state index is 12.7. The molecule has 1 aliphatic heterocycles. The first kappa shape index (κ1) is 14.9. The number of thiazole rings is 1. The second kappa shape index (κ2) is 6.48. The molecule has 0 radical (unpaired) electrons. The normalized spacial score (nSPS) is 22.6. The van der Waals surface area contributed by atoms with Gasteiger partial charge in [-0.15, -0.1) is 0 Å². The fourth-order valence-corrected chi connectivity index (χ4v) is 5.00. The number of urea groups is 1. The number of carbonyl (C=O) groups excluding carboxylic acids is 1. The van der Waals surface area contributed by atoms with Crippen molar-refractivity contribution in [1.82, 2.24) is 9.88 Å². The minimum Gasteiger partial charge on any atom is -0.321 e. The SMILES string of the molecule is O=C(Nc1nc2ccccc2s1)N1CCCC1C1CCCCC1. The Hall–Kier alpha value is -1.62. The fourth-order valence-electron chi connectivity index (χ4n) is 4.14. The van der Waals surface area contributed by atoms with Crippen LogP contribution in [-0.2, 0) is 0 Å². The lowest BCUT2D eigenvalue weighted by atomic mass is 9.83. The van der Waals surface area contributed by atoms with Crippen molar-refractivity contribution in [2.24, 2.45) is 5.92 Å². The summed E-state index contributed by atoms with van der Waals surface area (Å²) in [5.74, 6) is 0.701. The molecule has 1 aromatic heterocycles. The van der Waals surface area contributed by atoms with E-state index in [0.717, 1.165) is 29.6 Å². The van der Waals surface area contributed by atoms with Gasteiger partial charge >= 0.3 is 6.03 Å². The van der Waals surface area contributed by atoms with Crippen LogP contribution in [0.25, 0.3) is 10.2 Å². The number of hydrogen-bond acceptors (Lipinski definition) is 3. The first-order valence-electron chi connectivity index (χ1n) is 8.74.